The second-order valence-electron chi connectivity index (χ2n) is 4.08. The highest BCUT2D eigenvalue weighted by molar-refractivity contribution is 5.84. The van der Waals surface area contributed by atoms with Crippen molar-refractivity contribution in [2.75, 3.05) is 27.3 Å². The van der Waals surface area contributed by atoms with Gasteiger partial charge >= 0.3 is 5.97 Å². The van der Waals surface area contributed by atoms with E-state index in [0.717, 1.165) is 25.1 Å². The molecule has 0 atom stereocenters. The lowest BCUT2D eigenvalue weighted by molar-refractivity contribution is 0.0661. The summed E-state index contributed by atoms with van der Waals surface area (Å²) in [5.74, 6) is -0.356. The van der Waals surface area contributed by atoms with E-state index in [-0.39, 0.29) is 5.76 Å². The Morgan fingerprint density at radius 2 is 2.29 bits per heavy atom. The zero-order valence-corrected chi connectivity index (χ0v) is 10.5. The van der Waals surface area contributed by atoms with Crippen LogP contribution in [0, 0.1) is 6.92 Å². The van der Waals surface area contributed by atoms with Gasteiger partial charge in [-0.25, -0.2) is 4.79 Å². The standard InChI is InChI=1S/C12H19NO4/c1-9-10(7-11(17-9)12(14)15)8-13(2)5-4-6-16-3/h7H,4-6,8H2,1-3H3,(H,14,15). The number of hydrogen-bond donors (Lipinski definition) is 1. The van der Waals surface area contributed by atoms with Crippen molar-refractivity contribution in [2.45, 2.75) is 19.9 Å². The molecule has 1 heterocycles. The molecule has 1 aromatic rings. The van der Waals surface area contributed by atoms with Gasteiger partial charge in [-0.05, 0) is 26.5 Å². The van der Waals surface area contributed by atoms with Crippen molar-refractivity contribution in [3.8, 4) is 0 Å². The van der Waals surface area contributed by atoms with Crippen LogP contribution in [0.25, 0.3) is 0 Å². The summed E-state index contributed by atoms with van der Waals surface area (Å²) in [4.78, 5) is 12.9. The van der Waals surface area contributed by atoms with Gasteiger partial charge in [0.2, 0.25) is 5.76 Å². The number of carboxylic acids is 1. The van der Waals surface area contributed by atoms with Crippen LogP contribution >= 0.6 is 0 Å². The molecule has 0 aliphatic heterocycles. The predicted molar refractivity (Wildman–Crippen MR) is 63.2 cm³/mol. The molecule has 0 bridgehead atoms. The van der Waals surface area contributed by atoms with Crippen LogP contribution in [0.2, 0.25) is 0 Å². The zero-order valence-electron chi connectivity index (χ0n) is 10.5. The van der Waals surface area contributed by atoms with Crippen molar-refractivity contribution >= 4 is 5.97 Å². The van der Waals surface area contributed by atoms with Gasteiger partial charge in [-0.3, -0.25) is 0 Å². The number of nitrogens with zero attached hydrogens (tertiary/aromatic N) is 1. The molecule has 5 heteroatoms. The van der Waals surface area contributed by atoms with Gasteiger partial charge in [0.1, 0.15) is 5.76 Å². The van der Waals surface area contributed by atoms with Crippen LogP contribution in [0.3, 0.4) is 0 Å². The van der Waals surface area contributed by atoms with Crippen LogP contribution < -0.4 is 0 Å². The topological polar surface area (TPSA) is 62.9 Å². The number of aromatic carboxylic acids is 1. The van der Waals surface area contributed by atoms with Gasteiger partial charge in [-0.1, -0.05) is 0 Å². The van der Waals surface area contributed by atoms with Gasteiger partial charge in [0.25, 0.3) is 0 Å². The second kappa shape index (κ2) is 6.42. The molecular weight excluding hydrogens is 222 g/mol. The van der Waals surface area contributed by atoms with Gasteiger partial charge in [0, 0.05) is 32.4 Å². The minimum absolute atomic E-state index is 0.00258. The van der Waals surface area contributed by atoms with E-state index in [9.17, 15) is 4.79 Å². The first kappa shape index (κ1) is 13.7. The van der Waals surface area contributed by atoms with Crippen LogP contribution in [0.4, 0.5) is 0 Å². The molecule has 0 fully saturated rings. The van der Waals surface area contributed by atoms with Gasteiger partial charge in [-0.2, -0.15) is 0 Å². The van der Waals surface area contributed by atoms with Crippen LogP contribution in [0.5, 0.6) is 0 Å². The highest BCUT2D eigenvalue weighted by Gasteiger charge is 2.14. The number of carbonyl (C=O) groups is 1. The summed E-state index contributed by atoms with van der Waals surface area (Å²) in [5, 5.41) is 8.81. The quantitative estimate of drug-likeness (QED) is 0.737. The maximum absolute atomic E-state index is 10.7. The maximum atomic E-state index is 10.7. The minimum Gasteiger partial charge on any atom is -0.475 e. The van der Waals surface area contributed by atoms with E-state index < -0.39 is 5.97 Å². The number of ether oxygens (including phenoxy) is 1. The number of carboxylic acid groups (broad SMARTS) is 1. The van der Waals surface area contributed by atoms with Crippen molar-refractivity contribution in [2.24, 2.45) is 0 Å². The first-order chi connectivity index (χ1) is 8.04. The van der Waals surface area contributed by atoms with Crippen molar-refractivity contribution in [3.05, 3.63) is 23.2 Å². The van der Waals surface area contributed by atoms with Crippen LogP contribution in [-0.4, -0.2) is 43.3 Å². The molecule has 0 aliphatic carbocycles. The molecule has 0 amide bonds. The van der Waals surface area contributed by atoms with E-state index in [1.165, 1.54) is 0 Å². The Morgan fingerprint density at radius 1 is 1.59 bits per heavy atom. The zero-order chi connectivity index (χ0) is 12.8. The molecule has 0 radical (unpaired) electrons. The fourth-order valence-corrected chi connectivity index (χ4v) is 1.63. The minimum atomic E-state index is -1.03. The molecule has 17 heavy (non-hydrogen) atoms. The number of rotatable bonds is 7. The van der Waals surface area contributed by atoms with Gasteiger partial charge in [0.15, 0.2) is 0 Å². The van der Waals surface area contributed by atoms with E-state index in [0.29, 0.717) is 12.3 Å². The fourth-order valence-electron chi connectivity index (χ4n) is 1.63. The Labute approximate surface area is 101 Å². The SMILES string of the molecule is COCCCN(C)Cc1cc(C(=O)O)oc1C. The van der Waals surface area contributed by atoms with Crippen LogP contribution in [0.1, 0.15) is 28.3 Å². The summed E-state index contributed by atoms with van der Waals surface area (Å²) >= 11 is 0. The van der Waals surface area contributed by atoms with Gasteiger partial charge in [-0.15, -0.1) is 0 Å². The lowest BCUT2D eigenvalue weighted by Gasteiger charge is -2.15. The molecule has 5 nitrogen and oxygen atoms in total. The summed E-state index contributed by atoms with van der Waals surface area (Å²) in [5.41, 5.74) is 0.919. The molecule has 0 spiro atoms. The number of hydrogen-bond acceptors (Lipinski definition) is 4. The first-order valence-electron chi connectivity index (χ1n) is 5.54. The molecule has 0 aromatic carbocycles. The summed E-state index contributed by atoms with van der Waals surface area (Å²) in [6.07, 6.45) is 0.954. The van der Waals surface area contributed by atoms with E-state index in [4.69, 9.17) is 14.3 Å². The Balaban J connectivity index is 2.52. The van der Waals surface area contributed by atoms with E-state index in [1.54, 1.807) is 20.1 Å². The molecule has 1 rings (SSSR count). The monoisotopic (exact) mass is 241 g/mol. The Bertz CT molecular complexity index is 373. The maximum Gasteiger partial charge on any atom is 0.371 e. The van der Waals surface area contributed by atoms with E-state index >= 15 is 0 Å². The first-order valence-corrected chi connectivity index (χ1v) is 5.54. The Hall–Kier alpha value is -1.33. The third-order valence-corrected chi connectivity index (χ3v) is 2.56. The lowest BCUT2D eigenvalue weighted by Crippen LogP contribution is -2.20. The van der Waals surface area contributed by atoms with E-state index in [1.807, 2.05) is 7.05 Å². The van der Waals surface area contributed by atoms with Gasteiger partial charge < -0.3 is 19.2 Å². The summed E-state index contributed by atoms with van der Waals surface area (Å²) in [7, 11) is 3.67. The molecular formula is C12H19NO4. The molecule has 96 valence electrons. The predicted octanol–water partition coefficient (Wildman–Crippen LogP) is 1.75. The molecule has 1 N–H and O–H groups in total. The van der Waals surface area contributed by atoms with Crippen molar-refractivity contribution in [3.63, 3.8) is 0 Å². The van der Waals surface area contributed by atoms with Crippen molar-refractivity contribution in [1.29, 1.82) is 0 Å². The summed E-state index contributed by atoms with van der Waals surface area (Å²) in [6.45, 7) is 4.10. The fraction of sp³-hybridized carbons (Fsp3) is 0.583. The summed E-state index contributed by atoms with van der Waals surface area (Å²) in [6, 6.07) is 1.59. The average Bonchev–Trinajstić information content (AvgIpc) is 2.61. The Kier molecular flexibility index (Phi) is 5.18. The molecule has 0 saturated carbocycles. The smallest absolute Gasteiger partial charge is 0.371 e. The molecule has 0 saturated heterocycles. The number of methoxy groups -OCH3 is 1. The van der Waals surface area contributed by atoms with Crippen molar-refractivity contribution in [1.82, 2.24) is 4.90 Å². The highest BCUT2D eigenvalue weighted by Crippen LogP contribution is 2.16. The third-order valence-electron chi connectivity index (χ3n) is 2.56. The highest BCUT2D eigenvalue weighted by atomic mass is 16.5. The third kappa shape index (κ3) is 4.20. The van der Waals surface area contributed by atoms with Crippen molar-refractivity contribution < 1.29 is 19.1 Å². The van der Waals surface area contributed by atoms with Crippen LogP contribution in [0.15, 0.2) is 10.5 Å². The average molecular weight is 241 g/mol. The molecule has 0 unspecified atom stereocenters. The number of furan rings is 1. The lowest BCUT2D eigenvalue weighted by atomic mass is 10.2. The molecule has 0 aliphatic rings. The number of aryl methyl sites for hydroxylation is 1. The van der Waals surface area contributed by atoms with E-state index in [2.05, 4.69) is 4.90 Å². The largest absolute Gasteiger partial charge is 0.475 e. The normalized spacial score (nSPS) is 11.1. The van der Waals surface area contributed by atoms with Gasteiger partial charge in [0.05, 0.1) is 0 Å². The summed E-state index contributed by atoms with van der Waals surface area (Å²) < 4.78 is 10.1. The molecule has 1 aromatic heterocycles. The Morgan fingerprint density at radius 3 is 2.82 bits per heavy atom. The van der Waals surface area contributed by atoms with Crippen LogP contribution in [-0.2, 0) is 11.3 Å². The second-order valence-corrected chi connectivity index (χ2v) is 4.08.